The molecule has 1 atom stereocenters. The van der Waals surface area contributed by atoms with Crippen molar-refractivity contribution in [1.29, 1.82) is 0 Å². The number of thiocarbonyl (C=S) groups is 1. The van der Waals surface area contributed by atoms with Gasteiger partial charge in [-0.25, -0.2) is 0 Å². The molecule has 2 aromatic rings. The Morgan fingerprint density at radius 1 is 1.32 bits per heavy atom. The number of rotatable bonds is 7. The Hall–Kier alpha value is -2.99. The Kier molecular flexibility index (Phi) is 6.21. The van der Waals surface area contributed by atoms with Crippen molar-refractivity contribution in [2.24, 2.45) is 10.1 Å². The lowest BCUT2D eigenvalue weighted by molar-refractivity contribution is 0.242. The summed E-state index contributed by atoms with van der Waals surface area (Å²) in [6.07, 6.45) is 4.06. The second-order valence-electron chi connectivity index (χ2n) is 6.70. The summed E-state index contributed by atoms with van der Waals surface area (Å²) in [4.78, 5) is 5.12. The molecule has 1 aliphatic heterocycles. The van der Waals surface area contributed by atoms with Crippen molar-refractivity contribution in [3.8, 4) is 11.5 Å². The fourth-order valence-corrected chi connectivity index (χ4v) is 3.13. The molecule has 0 aliphatic carbocycles. The van der Waals surface area contributed by atoms with E-state index in [1.165, 1.54) is 0 Å². The summed E-state index contributed by atoms with van der Waals surface area (Å²) >= 11 is 5.39. The first-order valence-corrected chi connectivity index (χ1v) is 9.50. The fraction of sp³-hybridized carbons (Fsp3) is 0.227. The summed E-state index contributed by atoms with van der Waals surface area (Å²) in [6, 6.07) is 12.8. The van der Waals surface area contributed by atoms with Crippen LogP contribution >= 0.6 is 12.2 Å². The number of phenolic OH excluding ortho intramolecular Hbond substituents is 1. The molecule has 0 unspecified atom stereocenters. The lowest BCUT2D eigenvalue weighted by atomic mass is 10.0. The van der Waals surface area contributed by atoms with Crippen molar-refractivity contribution in [3.63, 3.8) is 0 Å². The van der Waals surface area contributed by atoms with E-state index in [-0.39, 0.29) is 11.9 Å². The number of allylic oxidation sites excluding steroid dienone is 1. The van der Waals surface area contributed by atoms with Crippen LogP contribution in [0.5, 0.6) is 11.5 Å². The molecule has 3 rings (SSSR count). The largest absolute Gasteiger partial charge is 0.507 e. The van der Waals surface area contributed by atoms with E-state index in [1.807, 2.05) is 56.3 Å². The van der Waals surface area contributed by atoms with Crippen LogP contribution in [0.2, 0.25) is 0 Å². The Bertz CT molecular complexity index is 951. The minimum Gasteiger partial charge on any atom is -0.507 e. The summed E-state index contributed by atoms with van der Waals surface area (Å²) in [7, 11) is 0. The van der Waals surface area contributed by atoms with Gasteiger partial charge in [-0.3, -0.25) is 10.4 Å². The van der Waals surface area contributed by atoms with Crippen LogP contribution in [0.4, 0.5) is 0 Å². The highest BCUT2D eigenvalue weighted by Gasteiger charge is 2.27. The molecule has 0 saturated carbocycles. The molecule has 0 saturated heterocycles. The van der Waals surface area contributed by atoms with E-state index >= 15 is 0 Å². The maximum absolute atomic E-state index is 10.4. The summed E-state index contributed by atoms with van der Waals surface area (Å²) in [5.41, 5.74) is 5.89. The predicted octanol–water partition coefficient (Wildman–Crippen LogP) is 4.03. The van der Waals surface area contributed by atoms with Gasteiger partial charge in [0.25, 0.3) is 0 Å². The van der Waals surface area contributed by atoms with Crippen LogP contribution in [-0.2, 0) is 6.42 Å². The number of hydrogen-bond acceptors (Lipinski definition) is 5. The summed E-state index contributed by atoms with van der Waals surface area (Å²) in [5, 5.41) is 14.8. The lowest BCUT2D eigenvalue weighted by Crippen LogP contribution is -2.26. The molecule has 0 bridgehead atoms. The maximum atomic E-state index is 10.4. The summed E-state index contributed by atoms with van der Waals surface area (Å²) < 4.78 is 5.77. The first-order chi connectivity index (χ1) is 13.5. The number of para-hydroxylation sites is 1. The zero-order chi connectivity index (χ0) is 20.1. The van der Waals surface area contributed by atoms with Gasteiger partial charge in [0.05, 0.1) is 11.8 Å². The zero-order valence-corrected chi connectivity index (χ0v) is 16.7. The normalized spacial score (nSPS) is 16.3. The van der Waals surface area contributed by atoms with E-state index in [1.54, 1.807) is 12.3 Å². The number of phenols is 1. The average molecular weight is 394 g/mol. The molecule has 144 valence electrons. The molecule has 0 radical (unpaired) electrons. The van der Waals surface area contributed by atoms with Gasteiger partial charge in [-0.2, -0.15) is 5.10 Å². The SMILES string of the molecule is C=CCc1cccc(C=N[C@@H]2C(=S)NN=C2c2cccc(OC(C)C)c2)c1O. The van der Waals surface area contributed by atoms with Crippen molar-refractivity contribution in [1.82, 2.24) is 5.43 Å². The van der Waals surface area contributed by atoms with Crippen LogP contribution in [0.25, 0.3) is 0 Å². The van der Waals surface area contributed by atoms with Crippen LogP contribution in [-0.4, -0.2) is 34.2 Å². The Labute approximate surface area is 170 Å². The second kappa shape index (κ2) is 8.80. The highest BCUT2D eigenvalue weighted by molar-refractivity contribution is 7.80. The number of hydrazone groups is 1. The minimum absolute atomic E-state index is 0.0830. The zero-order valence-electron chi connectivity index (χ0n) is 15.9. The van der Waals surface area contributed by atoms with Crippen molar-refractivity contribution < 1.29 is 9.84 Å². The molecule has 0 spiro atoms. The minimum atomic E-state index is -0.424. The topological polar surface area (TPSA) is 66.2 Å². The molecular formula is C22H23N3O2S. The first-order valence-electron chi connectivity index (χ1n) is 9.09. The number of nitrogens with zero attached hydrogens (tertiary/aromatic N) is 2. The number of aromatic hydroxyl groups is 1. The fourth-order valence-electron chi connectivity index (χ4n) is 2.91. The third-order valence-electron chi connectivity index (χ3n) is 4.17. The smallest absolute Gasteiger partial charge is 0.146 e. The van der Waals surface area contributed by atoms with Gasteiger partial charge in [-0.05, 0) is 44.0 Å². The number of hydrogen-bond donors (Lipinski definition) is 2. The molecule has 1 aliphatic rings. The van der Waals surface area contributed by atoms with Crippen molar-refractivity contribution in [2.75, 3.05) is 0 Å². The van der Waals surface area contributed by atoms with Crippen molar-refractivity contribution in [2.45, 2.75) is 32.4 Å². The van der Waals surface area contributed by atoms with E-state index in [0.29, 0.717) is 17.0 Å². The Morgan fingerprint density at radius 2 is 2.11 bits per heavy atom. The van der Waals surface area contributed by atoms with E-state index < -0.39 is 6.04 Å². The highest BCUT2D eigenvalue weighted by atomic mass is 32.1. The quantitative estimate of drug-likeness (QED) is 0.423. The van der Waals surface area contributed by atoms with Crippen LogP contribution in [0.1, 0.15) is 30.5 Å². The van der Waals surface area contributed by atoms with Gasteiger partial charge >= 0.3 is 0 Å². The molecule has 0 fully saturated rings. The molecule has 2 N–H and O–H groups in total. The molecule has 6 heteroatoms. The molecule has 0 aromatic heterocycles. The maximum Gasteiger partial charge on any atom is 0.146 e. The Morgan fingerprint density at radius 3 is 2.86 bits per heavy atom. The van der Waals surface area contributed by atoms with Gasteiger partial charge in [0, 0.05) is 17.3 Å². The molecule has 0 amide bonds. The van der Waals surface area contributed by atoms with Crippen molar-refractivity contribution in [3.05, 3.63) is 71.8 Å². The second-order valence-corrected chi connectivity index (χ2v) is 7.14. The molecule has 2 aromatic carbocycles. The predicted molar refractivity (Wildman–Crippen MR) is 118 cm³/mol. The molecular weight excluding hydrogens is 370 g/mol. The van der Waals surface area contributed by atoms with E-state index in [4.69, 9.17) is 17.0 Å². The van der Waals surface area contributed by atoms with Crippen LogP contribution in [0.15, 0.2) is 65.2 Å². The molecule has 5 nitrogen and oxygen atoms in total. The third kappa shape index (κ3) is 4.46. The van der Waals surface area contributed by atoms with E-state index in [2.05, 4.69) is 22.1 Å². The van der Waals surface area contributed by atoms with Gasteiger partial charge in [-0.15, -0.1) is 6.58 Å². The number of aliphatic imine (C=N–C) groups is 1. The molecule has 28 heavy (non-hydrogen) atoms. The van der Waals surface area contributed by atoms with Gasteiger partial charge in [0.2, 0.25) is 0 Å². The Balaban J connectivity index is 1.87. The van der Waals surface area contributed by atoms with Gasteiger partial charge in [-0.1, -0.05) is 42.6 Å². The highest BCUT2D eigenvalue weighted by Crippen LogP contribution is 2.23. The van der Waals surface area contributed by atoms with Crippen molar-refractivity contribution >= 4 is 29.1 Å². The molecule has 1 heterocycles. The van der Waals surface area contributed by atoms with E-state index in [0.717, 1.165) is 22.6 Å². The standard InChI is InChI=1S/C22H23N3O2S/c1-4-7-15-8-5-10-17(21(15)26)13-23-20-19(24-25-22(20)28)16-9-6-11-18(12-16)27-14(2)3/h4-6,8-14,20,26H,1,7H2,2-3H3,(H,25,28)/t20-/m0/s1. The van der Waals surface area contributed by atoms with Crippen LogP contribution in [0.3, 0.4) is 0 Å². The number of ether oxygens (including phenoxy) is 1. The number of nitrogens with one attached hydrogen (secondary N) is 1. The summed E-state index contributed by atoms with van der Waals surface area (Å²) in [5.74, 6) is 0.972. The van der Waals surface area contributed by atoms with Crippen LogP contribution < -0.4 is 10.2 Å². The summed E-state index contributed by atoms with van der Waals surface area (Å²) in [6.45, 7) is 7.68. The lowest BCUT2D eigenvalue weighted by Gasteiger charge is -2.12. The number of benzene rings is 2. The van der Waals surface area contributed by atoms with Gasteiger partial charge in [0.15, 0.2) is 0 Å². The third-order valence-corrected chi connectivity index (χ3v) is 4.49. The van der Waals surface area contributed by atoms with Crippen LogP contribution in [0, 0.1) is 0 Å². The van der Waals surface area contributed by atoms with Gasteiger partial charge in [0.1, 0.15) is 22.5 Å². The average Bonchev–Trinajstić information content (AvgIpc) is 3.03. The van der Waals surface area contributed by atoms with E-state index in [9.17, 15) is 5.11 Å². The monoisotopic (exact) mass is 393 g/mol. The van der Waals surface area contributed by atoms with Gasteiger partial charge < -0.3 is 9.84 Å². The first kappa shape index (κ1) is 19.8.